The number of phenols is 1. The number of fused-ring (bicyclic) bond motifs is 1. The molecule has 1 aromatic heterocycles. The molecule has 0 atom stereocenters. The molecule has 3 aromatic carbocycles. The number of aromatic hydroxyl groups is 1. The maximum absolute atomic E-state index is 10.5. The van der Waals surface area contributed by atoms with Crippen LogP contribution in [0.1, 0.15) is 5.56 Å². The summed E-state index contributed by atoms with van der Waals surface area (Å²) in [4.78, 5) is 9.17. The Bertz CT molecular complexity index is 1110. The van der Waals surface area contributed by atoms with E-state index in [1.807, 2.05) is 55.5 Å². The molecule has 134 valence electrons. The van der Waals surface area contributed by atoms with Gasteiger partial charge < -0.3 is 14.6 Å². The fourth-order valence-corrected chi connectivity index (χ4v) is 2.83. The minimum atomic E-state index is -0.00318. The summed E-state index contributed by atoms with van der Waals surface area (Å²) in [5.41, 5.74) is 2.36. The normalized spacial score (nSPS) is 10.7. The minimum absolute atomic E-state index is 0.00318. The van der Waals surface area contributed by atoms with Gasteiger partial charge in [-0.2, -0.15) is 4.98 Å². The van der Waals surface area contributed by atoms with Crippen molar-refractivity contribution in [1.82, 2.24) is 9.97 Å². The number of aromatic nitrogens is 2. The van der Waals surface area contributed by atoms with Crippen molar-refractivity contribution in [3.8, 4) is 34.5 Å². The van der Waals surface area contributed by atoms with E-state index in [-0.39, 0.29) is 5.75 Å². The van der Waals surface area contributed by atoms with E-state index in [1.54, 1.807) is 18.2 Å². The number of hydrogen-bond donors (Lipinski definition) is 1. The molecular formula is C22H18N2O3. The SMILES string of the molecule is COc1cccc(-c2nc(Oc3ccc(C)cc3)c3ccccc3n2)c1O. The Morgan fingerprint density at radius 1 is 0.852 bits per heavy atom. The zero-order valence-corrected chi connectivity index (χ0v) is 15.0. The van der Waals surface area contributed by atoms with Crippen molar-refractivity contribution >= 4 is 10.9 Å². The molecule has 0 saturated carbocycles. The monoisotopic (exact) mass is 358 g/mol. The minimum Gasteiger partial charge on any atom is -0.504 e. The summed E-state index contributed by atoms with van der Waals surface area (Å²) in [6.45, 7) is 2.02. The molecule has 0 amide bonds. The van der Waals surface area contributed by atoms with Crippen LogP contribution in [-0.2, 0) is 0 Å². The van der Waals surface area contributed by atoms with E-state index >= 15 is 0 Å². The van der Waals surface area contributed by atoms with Crippen LogP contribution in [0.5, 0.6) is 23.1 Å². The number of benzene rings is 3. The zero-order chi connectivity index (χ0) is 18.8. The standard InChI is InChI=1S/C22H18N2O3/c1-14-10-12-15(13-11-14)27-22-16-6-3-4-8-18(16)23-21(24-22)17-7-5-9-19(26-2)20(17)25/h3-13,25H,1-2H3. The van der Waals surface area contributed by atoms with Crippen LogP contribution in [0, 0.1) is 6.92 Å². The van der Waals surface area contributed by atoms with Crippen LogP contribution in [0.3, 0.4) is 0 Å². The molecule has 5 heteroatoms. The zero-order valence-electron chi connectivity index (χ0n) is 15.0. The molecule has 4 aromatic rings. The molecule has 4 rings (SSSR count). The van der Waals surface area contributed by atoms with Gasteiger partial charge in [-0.05, 0) is 43.3 Å². The second-order valence-electron chi connectivity index (χ2n) is 6.14. The van der Waals surface area contributed by atoms with Crippen LogP contribution in [-0.4, -0.2) is 22.2 Å². The van der Waals surface area contributed by atoms with E-state index in [2.05, 4.69) is 9.97 Å². The lowest BCUT2D eigenvalue weighted by Gasteiger charge is -2.12. The lowest BCUT2D eigenvalue weighted by Crippen LogP contribution is -1.97. The highest BCUT2D eigenvalue weighted by Gasteiger charge is 2.16. The molecule has 5 nitrogen and oxygen atoms in total. The highest BCUT2D eigenvalue weighted by Crippen LogP contribution is 2.37. The lowest BCUT2D eigenvalue weighted by molar-refractivity contribution is 0.374. The van der Waals surface area contributed by atoms with E-state index in [4.69, 9.17) is 9.47 Å². The third kappa shape index (κ3) is 3.27. The van der Waals surface area contributed by atoms with Crippen LogP contribution in [0.4, 0.5) is 0 Å². The molecule has 0 aliphatic rings. The van der Waals surface area contributed by atoms with E-state index in [1.165, 1.54) is 7.11 Å². The van der Waals surface area contributed by atoms with Gasteiger partial charge in [0.15, 0.2) is 17.3 Å². The quantitative estimate of drug-likeness (QED) is 0.549. The van der Waals surface area contributed by atoms with Crippen LogP contribution in [0.2, 0.25) is 0 Å². The van der Waals surface area contributed by atoms with Crippen molar-refractivity contribution in [3.63, 3.8) is 0 Å². The van der Waals surface area contributed by atoms with E-state index in [9.17, 15) is 5.11 Å². The number of aryl methyl sites for hydroxylation is 1. The van der Waals surface area contributed by atoms with Gasteiger partial charge >= 0.3 is 0 Å². The van der Waals surface area contributed by atoms with Crippen LogP contribution < -0.4 is 9.47 Å². The summed E-state index contributed by atoms with van der Waals surface area (Å²) >= 11 is 0. The van der Waals surface area contributed by atoms with Gasteiger partial charge in [-0.25, -0.2) is 4.98 Å². The first-order chi connectivity index (χ1) is 13.2. The Morgan fingerprint density at radius 3 is 2.41 bits per heavy atom. The summed E-state index contributed by atoms with van der Waals surface area (Å²) in [5, 5.41) is 11.3. The molecule has 0 spiro atoms. The van der Waals surface area contributed by atoms with Gasteiger partial charge in [0.25, 0.3) is 0 Å². The van der Waals surface area contributed by atoms with Gasteiger partial charge in [-0.15, -0.1) is 0 Å². The fourth-order valence-electron chi connectivity index (χ4n) is 2.83. The summed E-state index contributed by atoms with van der Waals surface area (Å²) in [6, 6.07) is 20.6. The van der Waals surface area contributed by atoms with Gasteiger partial charge in [-0.3, -0.25) is 0 Å². The molecule has 0 bridgehead atoms. The number of para-hydroxylation sites is 2. The second kappa shape index (κ2) is 6.96. The first-order valence-electron chi connectivity index (χ1n) is 8.53. The predicted octanol–water partition coefficient (Wildman–Crippen LogP) is 5.11. The average Bonchev–Trinajstić information content (AvgIpc) is 2.70. The largest absolute Gasteiger partial charge is 0.504 e. The number of methoxy groups -OCH3 is 1. The summed E-state index contributed by atoms with van der Waals surface area (Å²) < 4.78 is 11.2. The molecule has 1 heterocycles. The average molecular weight is 358 g/mol. The molecular weight excluding hydrogens is 340 g/mol. The second-order valence-corrected chi connectivity index (χ2v) is 6.14. The Labute approximate surface area is 156 Å². The van der Waals surface area contributed by atoms with Gasteiger partial charge in [0.05, 0.1) is 23.6 Å². The topological polar surface area (TPSA) is 64.5 Å². The molecule has 0 radical (unpaired) electrons. The van der Waals surface area contributed by atoms with Crippen LogP contribution in [0.25, 0.3) is 22.3 Å². The number of hydrogen-bond acceptors (Lipinski definition) is 5. The number of rotatable bonds is 4. The molecule has 1 N–H and O–H groups in total. The third-order valence-corrected chi connectivity index (χ3v) is 4.26. The van der Waals surface area contributed by atoms with Gasteiger partial charge in [0.1, 0.15) is 5.75 Å². The van der Waals surface area contributed by atoms with Crippen molar-refractivity contribution in [1.29, 1.82) is 0 Å². The first kappa shape index (κ1) is 16.8. The Balaban J connectivity index is 1.87. The maximum atomic E-state index is 10.5. The highest BCUT2D eigenvalue weighted by molar-refractivity contribution is 5.86. The highest BCUT2D eigenvalue weighted by atomic mass is 16.5. The van der Waals surface area contributed by atoms with Crippen molar-refractivity contribution in [3.05, 3.63) is 72.3 Å². The molecule has 0 saturated heterocycles. The van der Waals surface area contributed by atoms with E-state index < -0.39 is 0 Å². The van der Waals surface area contributed by atoms with Gasteiger partial charge in [0, 0.05) is 0 Å². The summed E-state index contributed by atoms with van der Waals surface area (Å²) in [5.74, 6) is 1.85. The maximum Gasteiger partial charge on any atom is 0.230 e. The number of nitrogens with zero attached hydrogens (tertiary/aromatic N) is 2. The molecule has 0 unspecified atom stereocenters. The van der Waals surface area contributed by atoms with E-state index in [0.717, 1.165) is 16.5 Å². The molecule has 0 aliphatic carbocycles. The molecule has 0 fully saturated rings. The van der Waals surface area contributed by atoms with Gasteiger partial charge in [-0.1, -0.05) is 35.9 Å². The van der Waals surface area contributed by atoms with Crippen molar-refractivity contribution < 1.29 is 14.6 Å². The van der Waals surface area contributed by atoms with Crippen molar-refractivity contribution in [2.24, 2.45) is 0 Å². The summed E-state index contributed by atoms with van der Waals surface area (Å²) in [6.07, 6.45) is 0. The smallest absolute Gasteiger partial charge is 0.230 e. The van der Waals surface area contributed by atoms with Crippen LogP contribution in [0.15, 0.2) is 66.7 Å². The number of ether oxygens (including phenoxy) is 2. The van der Waals surface area contributed by atoms with Crippen molar-refractivity contribution in [2.75, 3.05) is 7.11 Å². The Morgan fingerprint density at radius 2 is 1.63 bits per heavy atom. The Kier molecular flexibility index (Phi) is 4.34. The lowest BCUT2D eigenvalue weighted by atomic mass is 10.1. The van der Waals surface area contributed by atoms with Crippen molar-refractivity contribution in [2.45, 2.75) is 6.92 Å². The molecule has 27 heavy (non-hydrogen) atoms. The summed E-state index contributed by atoms with van der Waals surface area (Å²) in [7, 11) is 1.51. The number of phenolic OH excluding ortho intramolecular Hbond substituents is 1. The fraction of sp³-hybridized carbons (Fsp3) is 0.0909. The predicted molar refractivity (Wildman–Crippen MR) is 104 cm³/mol. The van der Waals surface area contributed by atoms with E-state index in [0.29, 0.717) is 28.8 Å². The molecule has 0 aliphatic heterocycles. The van der Waals surface area contributed by atoms with Gasteiger partial charge in [0.2, 0.25) is 5.88 Å². The van der Waals surface area contributed by atoms with Crippen LogP contribution >= 0.6 is 0 Å². The first-order valence-corrected chi connectivity index (χ1v) is 8.53. The third-order valence-electron chi connectivity index (χ3n) is 4.26. The Hall–Kier alpha value is -3.60.